The molecule has 1 amide bonds. The topological polar surface area (TPSA) is 59.1 Å². The smallest absolute Gasteiger partial charge is 0.306 e. The number of nitrogens with zero attached hydrogens (tertiary/aromatic N) is 2. The van der Waals surface area contributed by atoms with Gasteiger partial charge in [-0.1, -0.05) is 42.5 Å². The van der Waals surface area contributed by atoms with Gasteiger partial charge < -0.3 is 14.4 Å². The van der Waals surface area contributed by atoms with Gasteiger partial charge >= 0.3 is 5.97 Å². The van der Waals surface area contributed by atoms with Gasteiger partial charge in [0.25, 0.3) is 0 Å². The molecule has 0 aromatic heterocycles. The molecule has 3 heterocycles. The first kappa shape index (κ1) is 20.1. The van der Waals surface area contributed by atoms with Crippen LogP contribution in [0.3, 0.4) is 0 Å². The van der Waals surface area contributed by atoms with Gasteiger partial charge in [-0.3, -0.25) is 14.5 Å². The lowest BCUT2D eigenvalue weighted by Gasteiger charge is -2.41. The summed E-state index contributed by atoms with van der Waals surface area (Å²) in [6.07, 6.45) is 7.66. The van der Waals surface area contributed by atoms with Crippen molar-refractivity contribution in [1.82, 2.24) is 9.80 Å². The average Bonchev–Trinajstić information content (AvgIpc) is 3.07. The molecular weight excluding hydrogens is 368 g/mol. The van der Waals surface area contributed by atoms with Crippen molar-refractivity contribution in [1.29, 1.82) is 0 Å². The Morgan fingerprint density at radius 2 is 1.90 bits per heavy atom. The van der Waals surface area contributed by atoms with E-state index in [0.717, 1.165) is 44.5 Å². The minimum Gasteiger partial charge on any atom is -0.461 e. The summed E-state index contributed by atoms with van der Waals surface area (Å²) in [6.45, 7) is 4.41. The average molecular weight is 399 g/mol. The third-order valence-electron chi connectivity index (χ3n) is 6.23. The van der Waals surface area contributed by atoms with Crippen LogP contribution in [-0.4, -0.2) is 72.7 Å². The van der Waals surface area contributed by atoms with Crippen molar-refractivity contribution >= 4 is 18.0 Å². The number of rotatable bonds is 5. The summed E-state index contributed by atoms with van der Waals surface area (Å²) in [5.74, 6) is 0.0981. The van der Waals surface area contributed by atoms with Crippen LogP contribution in [0.5, 0.6) is 0 Å². The van der Waals surface area contributed by atoms with Crippen molar-refractivity contribution in [2.45, 2.75) is 43.8 Å². The fraction of sp³-hybridized carbons (Fsp3) is 0.565. The molecule has 1 atom stereocenters. The summed E-state index contributed by atoms with van der Waals surface area (Å²) < 4.78 is 11.6. The molecule has 1 spiro atoms. The summed E-state index contributed by atoms with van der Waals surface area (Å²) in [5.41, 5.74) is 0.806. The number of amides is 1. The molecule has 0 aliphatic carbocycles. The largest absolute Gasteiger partial charge is 0.461 e. The van der Waals surface area contributed by atoms with Gasteiger partial charge in [-0.05, 0) is 24.8 Å². The number of piperidine rings is 1. The van der Waals surface area contributed by atoms with E-state index in [1.165, 1.54) is 0 Å². The number of carbonyl (C=O) groups is 2. The normalized spacial score (nSPS) is 25.5. The molecule has 1 aromatic rings. The Hall–Kier alpha value is -2.18. The fourth-order valence-electron chi connectivity index (χ4n) is 4.47. The molecule has 0 saturated carbocycles. The molecule has 6 nitrogen and oxygen atoms in total. The van der Waals surface area contributed by atoms with Crippen LogP contribution in [0.15, 0.2) is 36.4 Å². The van der Waals surface area contributed by atoms with Gasteiger partial charge in [0.2, 0.25) is 5.91 Å². The van der Waals surface area contributed by atoms with Gasteiger partial charge in [0.1, 0.15) is 6.10 Å². The summed E-state index contributed by atoms with van der Waals surface area (Å²) >= 11 is 0. The van der Waals surface area contributed by atoms with Gasteiger partial charge in [0.05, 0.1) is 18.6 Å². The Morgan fingerprint density at radius 1 is 1.10 bits per heavy atom. The lowest BCUT2D eigenvalue weighted by atomic mass is 9.87. The van der Waals surface area contributed by atoms with E-state index in [9.17, 15) is 9.59 Å². The minimum absolute atomic E-state index is 0.0279. The highest BCUT2D eigenvalue weighted by Gasteiger charge is 2.41. The van der Waals surface area contributed by atoms with Crippen molar-refractivity contribution in [2.75, 3.05) is 39.3 Å². The second-order valence-electron chi connectivity index (χ2n) is 8.31. The Bertz CT molecular complexity index is 741. The lowest BCUT2D eigenvalue weighted by molar-refractivity contribution is -0.143. The van der Waals surface area contributed by atoms with Crippen molar-refractivity contribution in [3.63, 3.8) is 0 Å². The predicted octanol–water partition coefficient (Wildman–Crippen LogP) is 2.49. The second kappa shape index (κ2) is 9.09. The maximum Gasteiger partial charge on any atom is 0.306 e. The quantitative estimate of drug-likeness (QED) is 0.714. The van der Waals surface area contributed by atoms with E-state index < -0.39 is 0 Å². The van der Waals surface area contributed by atoms with E-state index in [0.29, 0.717) is 32.5 Å². The molecule has 156 valence electrons. The summed E-state index contributed by atoms with van der Waals surface area (Å²) in [6, 6.07) is 10.1. The zero-order valence-electron chi connectivity index (χ0n) is 16.9. The van der Waals surface area contributed by atoms with E-state index in [-0.39, 0.29) is 23.6 Å². The van der Waals surface area contributed by atoms with Crippen LogP contribution < -0.4 is 0 Å². The van der Waals surface area contributed by atoms with E-state index in [1.807, 2.05) is 23.1 Å². The standard InChI is InChI=1S/C23H30N2O4/c26-21-17-23(10-13-24(14-11-23)18-20-8-9-22(27)29-20)28-16-15-25(21)12-4-7-19-5-2-1-3-6-19/h1-7,20H,8-18H2. The molecular formula is C23H30N2O4. The number of likely N-dealkylation sites (tertiary alicyclic amines) is 1. The van der Waals surface area contributed by atoms with Crippen LogP contribution in [0, 0.1) is 0 Å². The second-order valence-corrected chi connectivity index (χ2v) is 8.31. The molecule has 1 unspecified atom stereocenters. The summed E-state index contributed by atoms with van der Waals surface area (Å²) in [7, 11) is 0. The summed E-state index contributed by atoms with van der Waals surface area (Å²) in [5, 5.41) is 0. The van der Waals surface area contributed by atoms with Crippen LogP contribution in [0.2, 0.25) is 0 Å². The van der Waals surface area contributed by atoms with Crippen molar-refractivity contribution in [3.8, 4) is 0 Å². The Kier molecular flexibility index (Phi) is 6.31. The number of carbonyl (C=O) groups excluding carboxylic acids is 2. The number of hydrogen-bond acceptors (Lipinski definition) is 5. The van der Waals surface area contributed by atoms with Crippen LogP contribution in [0.1, 0.15) is 37.7 Å². The van der Waals surface area contributed by atoms with Gasteiger partial charge in [0.15, 0.2) is 0 Å². The molecule has 6 heteroatoms. The number of hydrogen-bond donors (Lipinski definition) is 0. The molecule has 3 aliphatic rings. The van der Waals surface area contributed by atoms with Crippen LogP contribution >= 0.6 is 0 Å². The zero-order valence-corrected chi connectivity index (χ0v) is 16.9. The van der Waals surface area contributed by atoms with Gasteiger partial charge in [-0.2, -0.15) is 0 Å². The third-order valence-corrected chi connectivity index (χ3v) is 6.23. The highest BCUT2D eigenvalue weighted by molar-refractivity contribution is 5.78. The number of ether oxygens (including phenoxy) is 2. The molecule has 0 N–H and O–H groups in total. The maximum atomic E-state index is 12.9. The van der Waals surface area contributed by atoms with Crippen LogP contribution in [-0.2, 0) is 19.1 Å². The fourth-order valence-corrected chi connectivity index (χ4v) is 4.47. The molecule has 4 rings (SSSR count). The van der Waals surface area contributed by atoms with Gasteiger partial charge in [-0.15, -0.1) is 0 Å². The Labute approximate surface area is 172 Å². The predicted molar refractivity (Wildman–Crippen MR) is 110 cm³/mol. The molecule has 3 aliphatic heterocycles. The highest BCUT2D eigenvalue weighted by Crippen LogP contribution is 2.33. The highest BCUT2D eigenvalue weighted by atomic mass is 16.5. The molecule has 0 radical (unpaired) electrons. The molecule has 3 saturated heterocycles. The van der Waals surface area contributed by atoms with E-state index in [4.69, 9.17) is 9.47 Å². The third kappa shape index (κ3) is 5.25. The molecule has 3 fully saturated rings. The van der Waals surface area contributed by atoms with E-state index in [2.05, 4.69) is 29.2 Å². The SMILES string of the molecule is O=C1CCC(CN2CCC3(CC2)CC(=O)N(CC=Cc2ccccc2)CCO3)O1. The van der Waals surface area contributed by atoms with Crippen molar-refractivity contribution in [3.05, 3.63) is 42.0 Å². The minimum atomic E-state index is -0.335. The van der Waals surface area contributed by atoms with Crippen molar-refractivity contribution in [2.24, 2.45) is 0 Å². The number of benzene rings is 1. The van der Waals surface area contributed by atoms with Crippen LogP contribution in [0.4, 0.5) is 0 Å². The molecule has 0 bridgehead atoms. The van der Waals surface area contributed by atoms with Crippen LogP contribution in [0.25, 0.3) is 6.08 Å². The maximum absolute atomic E-state index is 12.9. The zero-order chi connectivity index (χ0) is 20.1. The number of cyclic esters (lactones) is 1. The van der Waals surface area contributed by atoms with E-state index in [1.54, 1.807) is 0 Å². The first-order chi connectivity index (χ1) is 14.1. The van der Waals surface area contributed by atoms with Crippen molar-refractivity contribution < 1.29 is 19.1 Å². The van der Waals surface area contributed by atoms with Gasteiger partial charge in [-0.25, -0.2) is 0 Å². The Morgan fingerprint density at radius 3 is 2.62 bits per heavy atom. The first-order valence-corrected chi connectivity index (χ1v) is 10.7. The van der Waals surface area contributed by atoms with E-state index >= 15 is 0 Å². The number of esters is 1. The first-order valence-electron chi connectivity index (χ1n) is 10.7. The summed E-state index contributed by atoms with van der Waals surface area (Å²) in [4.78, 5) is 28.4. The molecule has 29 heavy (non-hydrogen) atoms. The molecule has 1 aromatic carbocycles. The monoisotopic (exact) mass is 398 g/mol. The Balaban J connectivity index is 1.27. The van der Waals surface area contributed by atoms with Gasteiger partial charge in [0, 0.05) is 39.1 Å². The lowest BCUT2D eigenvalue weighted by Crippen LogP contribution is -2.48.